The number of nitrogens with zero attached hydrogens (tertiary/aromatic N) is 1. The summed E-state index contributed by atoms with van der Waals surface area (Å²) >= 11 is 7.33. The third-order valence-electron chi connectivity index (χ3n) is 5.87. The Morgan fingerprint density at radius 2 is 2.14 bits per heavy atom. The van der Waals surface area contributed by atoms with E-state index >= 15 is 0 Å². The lowest BCUT2D eigenvalue weighted by Crippen LogP contribution is -2.26. The molecule has 29 heavy (non-hydrogen) atoms. The van der Waals surface area contributed by atoms with Gasteiger partial charge in [-0.25, -0.2) is 0 Å². The molecule has 0 fully saturated rings. The van der Waals surface area contributed by atoms with Crippen molar-refractivity contribution >= 4 is 28.7 Å². The van der Waals surface area contributed by atoms with Crippen molar-refractivity contribution in [1.82, 2.24) is 4.90 Å². The highest BCUT2D eigenvalue weighted by Gasteiger charge is 2.40. The van der Waals surface area contributed by atoms with Crippen LogP contribution < -0.4 is 9.47 Å². The number of rotatable bonds is 7. The Balaban J connectivity index is 1.55. The van der Waals surface area contributed by atoms with Crippen LogP contribution >= 0.6 is 22.9 Å². The third kappa shape index (κ3) is 4.09. The number of allylic oxidation sites excluding steroid dienone is 1. The zero-order valence-electron chi connectivity index (χ0n) is 17.0. The van der Waals surface area contributed by atoms with Crippen molar-refractivity contribution in [2.45, 2.75) is 38.3 Å². The van der Waals surface area contributed by atoms with Crippen LogP contribution in [-0.2, 0) is 6.54 Å². The first kappa shape index (κ1) is 20.5. The van der Waals surface area contributed by atoms with E-state index in [0.717, 1.165) is 35.9 Å². The summed E-state index contributed by atoms with van der Waals surface area (Å²) in [5.74, 6) is 2.18. The van der Waals surface area contributed by atoms with Crippen LogP contribution in [0, 0.1) is 5.92 Å². The molecule has 1 aromatic carbocycles. The number of carbonyl (C=O) groups excluding carboxylic acids is 1. The molecular formula is C23H26ClNO3S. The summed E-state index contributed by atoms with van der Waals surface area (Å²) in [5.41, 5.74) is 2.52. The van der Waals surface area contributed by atoms with Crippen LogP contribution in [0.4, 0.5) is 0 Å². The van der Waals surface area contributed by atoms with Gasteiger partial charge in [0.15, 0.2) is 17.3 Å². The monoisotopic (exact) mass is 431 g/mol. The second-order valence-corrected chi connectivity index (χ2v) is 9.51. The van der Waals surface area contributed by atoms with Crippen molar-refractivity contribution in [2.75, 3.05) is 20.7 Å². The maximum atomic E-state index is 12.6. The second-order valence-electron chi connectivity index (χ2n) is 7.79. The number of halogens is 1. The summed E-state index contributed by atoms with van der Waals surface area (Å²) in [6.45, 7) is 4.03. The average Bonchev–Trinajstić information content (AvgIpc) is 3.31. The minimum Gasteiger partial charge on any atom is -0.493 e. The molecule has 2 aliphatic rings. The molecule has 0 radical (unpaired) electrons. The Morgan fingerprint density at radius 1 is 1.31 bits per heavy atom. The van der Waals surface area contributed by atoms with Crippen molar-refractivity contribution in [3.8, 4) is 11.5 Å². The van der Waals surface area contributed by atoms with Crippen LogP contribution in [0.3, 0.4) is 0 Å². The lowest BCUT2D eigenvalue weighted by molar-refractivity contribution is 0.0955. The molecular weight excluding hydrogens is 406 g/mol. The zero-order chi connectivity index (χ0) is 20.5. The first-order valence-electron chi connectivity index (χ1n) is 10.0. The zero-order valence-corrected chi connectivity index (χ0v) is 18.6. The number of hydrogen-bond donors (Lipinski definition) is 0. The fraction of sp³-hybridized carbons (Fsp3) is 0.435. The predicted octanol–water partition coefficient (Wildman–Crippen LogP) is 5.56. The number of thiophene rings is 1. The first-order chi connectivity index (χ1) is 14.0. The number of Topliss-reactive ketones (excluding diaryl/α,β-unsaturated/α-hetero) is 1. The largest absolute Gasteiger partial charge is 0.493 e. The molecule has 0 saturated heterocycles. The van der Waals surface area contributed by atoms with E-state index in [1.165, 1.54) is 22.5 Å². The Kier molecular flexibility index (Phi) is 6.00. The molecule has 154 valence electrons. The van der Waals surface area contributed by atoms with Crippen LogP contribution in [-0.4, -0.2) is 37.5 Å². The van der Waals surface area contributed by atoms with E-state index < -0.39 is 0 Å². The molecule has 3 atom stereocenters. The standard InChI is InChI=1S/C23H26ClNO3S/c1-4-25(2)13-15-6-8-18(27-3)23-22(15)16-7-5-14(12-19(16)28-23)11-17(26)20-9-10-21(24)29-20/h5-10,14,16,19H,4,11-13H2,1-3H3. The minimum absolute atomic E-state index is 0.0432. The van der Waals surface area contributed by atoms with Gasteiger partial charge in [-0.15, -0.1) is 11.3 Å². The quantitative estimate of drug-likeness (QED) is 0.425. The van der Waals surface area contributed by atoms with Gasteiger partial charge < -0.3 is 14.4 Å². The van der Waals surface area contributed by atoms with Crippen molar-refractivity contribution in [2.24, 2.45) is 5.92 Å². The fourth-order valence-electron chi connectivity index (χ4n) is 4.24. The van der Waals surface area contributed by atoms with E-state index in [9.17, 15) is 4.79 Å². The Bertz CT molecular complexity index is 938. The number of fused-ring (bicyclic) bond motifs is 3. The van der Waals surface area contributed by atoms with E-state index in [-0.39, 0.29) is 23.7 Å². The van der Waals surface area contributed by atoms with Crippen LogP contribution in [0.25, 0.3) is 0 Å². The van der Waals surface area contributed by atoms with E-state index in [2.05, 4.69) is 37.1 Å². The summed E-state index contributed by atoms with van der Waals surface area (Å²) in [4.78, 5) is 15.6. The Labute approximate surface area is 181 Å². The van der Waals surface area contributed by atoms with Crippen molar-refractivity contribution in [1.29, 1.82) is 0 Å². The number of carbonyl (C=O) groups is 1. The summed E-state index contributed by atoms with van der Waals surface area (Å²) in [6, 6.07) is 7.75. The van der Waals surface area contributed by atoms with Gasteiger partial charge in [-0.1, -0.05) is 36.7 Å². The van der Waals surface area contributed by atoms with Crippen molar-refractivity contribution in [3.05, 3.63) is 56.8 Å². The molecule has 1 aliphatic heterocycles. The van der Waals surface area contributed by atoms with Gasteiger partial charge in [-0.3, -0.25) is 4.79 Å². The number of methoxy groups -OCH3 is 1. The lowest BCUT2D eigenvalue weighted by atomic mass is 9.80. The van der Waals surface area contributed by atoms with Crippen LogP contribution in [0.5, 0.6) is 11.5 Å². The van der Waals surface area contributed by atoms with Gasteiger partial charge >= 0.3 is 0 Å². The Morgan fingerprint density at radius 3 is 2.83 bits per heavy atom. The van der Waals surface area contributed by atoms with E-state index in [4.69, 9.17) is 21.1 Å². The molecule has 4 rings (SSSR count). The molecule has 1 aromatic heterocycles. The molecule has 4 nitrogen and oxygen atoms in total. The highest BCUT2D eigenvalue weighted by atomic mass is 35.5. The third-order valence-corrected chi connectivity index (χ3v) is 7.15. The van der Waals surface area contributed by atoms with Crippen LogP contribution in [0.1, 0.15) is 46.5 Å². The molecule has 0 N–H and O–H groups in total. The average molecular weight is 432 g/mol. The smallest absolute Gasteiger partial charge is 0.173 e. The van der Waals surface area contributed by atoms with Gasteiger partial charge in [0.1, 0.15) is 6.10 Å². The Hall–Kier alpha value is -1.82. The molecule has 0 amide bonds. The van der Waals surface area contributed by atoms with Gasteiger partial charge in [-0.2, -0.15) is 0 Å². The van der Waals surface area contributed by atoms with Crippen molar-refractivity contribution < 1.29 is 14.3 Å². The number of ether oxygens (including phenoxy) is 2. The molecule has 1 aliphatic carbocycles. The second kappa shape index (κ2) is 8.50. The highest BCUT2D eigenvalue weighted by molar-refractivity contribution is 7.18. The van der Waals surface area contributed by atoms with E-state index in [1.54, 1.807) is 13.2 Å². The number of ketones is 1. The van der Waals surface area contributed by atoms with Crippen molar-refractivity contribution in [3.63, 3.8) is 0 Å². The summed E-state index contributed by atoms with van der Waals surface area (Å²) in [6.07, 6.45) is 5.78. The first-order valence-corrected chi connectivity index (χ1v) is 11.2. The van der Waals surface area contributed by atoms with Crippen LogP contribution in [0.15, 0.2) is 36.4 Å². The summed E-state index contributed by atoms with van der Waals surface area (Å²) < 4.78 is 12.6. The lowest BCUT2D eigenvalue weighted by Gasteiger charge is -2.26. The van der Waals surface area contributed by atoms with Gasteiger partial charge in [0, 0.05) is 24.4 Å². The van der Waals surface area contributed by atoms with E-state index in [0.29, 0.717) is 10.8 Å². The topological polar surface area (TPSA) is 38.8 Å². The normalized spacial score (nSPS) is 22.3. The maximum absolute atomic E-state index is 12.6. The molecule has 2 heterocycles. The number of hydrogen-bond acceptors (Lipinski definition) is 5. The highest BCUT2D eigenvalue weighted by Crippen LogP contribution is 2.50. The summed E-state index contributed by atoms with van der Waals surface area (Å²) in [7, 11) is 3.81. The predicted molar refractivity (Wildman–Crippen MR) is 118 cm³/mol. The van der Waals surface area contributed by atoms with Gasteiger partial charge in [0.25, 0.3) is 0 Å². The van der Waals surface area contributed by atoms with Gasteiger partial charge in [0.2, 0.25) is 0 Å². The number of benzene rings is 1. The molecule has 0 saturated carbocycles. The van der Waals surface area contributed by atoms with Gasteiger partial charge in [0.05, 0.1) is 16.3 Å². The fourth-order valence-corrected chi connectivity index (χ4v) is 5.23. The molecule has 3 unspecified atom stereocenters. The molecule has 0 spiro atoms. The summed E-state index contributed by atoms with van der Waals surface area (Å²) in [5, 5.41) is 0. The van der Waals surface area contributed by atoms with E-state index in [1.807, 2.05) is 12.1 Å². The SMILES string of the molecule is CCN(C)Cc1ccc(OC)c2c1C1C=CC(CC(=O)c3ccc(Cl)s3)CC1O2. The van der Waals surface area contributed by atoms with Gasteiger partial charge in [-0.05, 0) is 49.7 Å². The minimum atomic E-state index is 0.0432. The molecule has 6 heteroatoms. The maximum Gasteiger partial charge on any atom is 0.173 e. The van der Waals surface area contributed by atoms with Crippen LogP contribution in [0.2, 0.25) is 4.34 Å². The molecule has 0 bridgehead atoms. The molecule has 2 aromatic rings.